The molecule has 0 saturated carbocycles. The van der Waals surface area contributed by atoms with E-state index in [4.69, 9.17) is 0 Å². The molecule has 140 valence electrons. The summed E-state index contributed by atoms with van der Waals surface area (Å²) in [5, 5.41) is 0. The van der Waals surface area contributed by atoms with Gasteiger partial charge in [0, 0.05) is 0 Å². The zero-order chi connectivity index (χ0) is 18.8. The van der Waals surface area contributed by atoms with Gasteiger partial charge in [0.2, 0.25) is 0 Å². The quantitative estimate of drug-likeness (QED) is 0.275. The first kappa shape index (κ1) is 20.2. The molecule has 0 atom stereocenters. The van der Waals surface area contributed by atoms with E-state index >= 15 is 0 Å². The molecule has 0 N–H and O–H groups in total. The second-order valence-electron chi connectivity index (χ2n) is 7.52. The van der Waals surface area contributed by atoms with E-state index in [1.54, 1.807) is 10.7 Å². The molecule has 0 amide bonds. The first-order chi connectivity index (χ1) is 13.4. The van der Waals surface area contributed by atoms with Crippen LogP contribution in [0.5, 0.6) is 0 Å². The fourth-order valence-electron chi connectivity index (χ4n) is 4.27. The van der Waals surface area contributed by atoms with Crippen molar-refractivity contribution in [1.29, 1.82) is 0 Å². The van der Waals surface area contributed by atoms with E-state index in [2.05, 4.69) is 97.9 Å². The summed E-state index contributed by atoms with van der Waals surface area (Å²) in [6.07, 6.45) is 8.19. The molecule has 3 aromatic rings. The van der Waals surface area contributed by atoms with Crippen molar-refractivity contribution in [2.75, 3.05) is 0 Å². The third-order valence-corrected chi connectivity index (χ3v) is 20.1. The molecule has 0 spiro atoms. The molecule has 0 aliphatic heterocycles. The van der Waals surface area contributed by atoms with Crippen LogP contribution in [0.4, 0.5) is 0 Å². The Labute approximate surface area is 169 Å². The maximum atomic E-state index is 2.40. The van der Waals surface area contributed by atoms with Gasteiger partial charge in [0.1, 0.15) is 0 Å². The van der Waals surface area contributed by atoms with Crippen molar-refractivity contribution in [3.63, 3.8) is 0 Å². The molecular weight excluding hydrogens is 431 g/mol. The summed E-state index contributed by atoms with van der Waals surface area (Å²) in [5.41, 5.74) is 0. The van der Waals surface area contributed by atoms with E-state index in [0.717, 1.165) is 0 Å². The van der Waals surface area contributed by atoms with E-state index in [0.29, 0.717) is 0 Å². The monoisotopic (exact) mass is 464 g/mol. The molecular formula is C26H32Sn. The van der Waals surface area contributed by atoms with Crippen LogP contribution in [-0.4, -0.2) is 18.4 Å². The fourth-order valence-corrected chi connectivity index (χ4v) is 18.3. The van der Waals surface area contributed by atoms with E-state index in [9.17, 15) is 0 Å². The molecule has 3 rings (SSSR count). The first-order valence-electron chi connectivity index (χ1n) is 10.5. The molecule has 0 bridgehead atoms. The number of benzene rings is 3. The average molecular weight is 463 g/mol. The Morgan fingerprint density at radius 3 is 1.26 bits per heavy atom. The van der Waals surface area contributed by atoms with E-state index < -0.39 is 18.4 Å². The Morgan fingerprint density at radius 2 is 0.852 bits per heavy atom. The van der Waals surface area contributed by atoms with Crippen LogP contribution in [0.15, 0.2) is 91.0 Å². The van der Waals surface area contributed by atoms with Crippen LogP contribution in [0.3, 0.4) is 0 Å². The first-order valence-corrected chi connectivity index (χ1v) is 16.8. The zero-order valence-corrected chi connectivity index (χ0v) is 19.5. The van der Waals surface area contributed by atoms with Crippen LogP contribution in [0, 0.1) is 0 Å². The topological polar surface area (TPSA) is 0 Å². The Balaban J connectivity index is 1.98. The van der Waals surface area contributed by atoms with Crippen molar-refractivity contribution in [3.8, 4) is 0 Å². The summed E-state index contributed by atoms with van der Waals surface area (Å²) in [4.78, 5) is 0. The van der Waals surface area contributed by atoms with Gasteiger partial charge in [0.25, 0.3) is 0 Å². The van der Waals surface area contributed by atoms with Crippen LogP contribution < -0.4 is 10.7 Å². The van der Waals surface area contributed by atoms with Gasteiger partial charge in [-0.15, -0.1) is 0 Å². The molecule has 0 saturated heterocycles. The molecule has 0 unspecified atom stereocenters. The average Bonchev–Trinajstić information content (AvgIpc) is 2.75. The van der Waals surface area contributed by atoms with Gasteiger partial charge in [-0.05, 0) is 0 Å². The van der Waals surface area contributed by atoms with Crippen molar-refractivity contribution in [2.45, 2.75) is 49.9 Å². The molecule has 0 fully saturated rings. The summed E-state index contributed by atoms with van der Waals surface area (Å²) in [5.74, 6) is 0. The van der Waals surface area contributed by atoms with Crippen molar-refractivity contribution in [2.24, 2.45) is 0 Å². The standard InChI is InChI=1S/C8H17.3C6H5.Sn/c1-3-5-7-8-6-4-2;3*1-2-4-6-5-3-1;/h1,3-8H2,2H3;3*1-5H;. The molecule has 3 aromatic carbocycles. The van der Waals surface area contributed by atoms with Crippen LogP contribution in [0.25, 0.3) is 0 Å². The van der Waals surface area contributed by atoms with Crippen molar-refractivity contribution >= 4 is 29.1 Å². The third-order valence-electron chi connectivity index (χ3n) is 5.71. The maximum absolute atomic E-state index is 2.97. The SMILES string of the molecule is CCCCCCC[CH2][Sn]([c]1ccccc1)([c]1ccccc1)[c]1ccccc1. The molecule has 27 heavy (non-hydrogen) atoms. The molecule has 1 heteroatoms. The number of hydrogen-bond donors (Lipinski definition) is 0. The Kier molecular flexibility index (Phi) is 8.01. The summed E-state index contributed by atoms with van der Waals surface area (Å²) in [6, 6.07) is 34.2. The molecule has 0 aromatic heterocycles. The minimum atomic E-state index is -2.97. The van der Waals surface area contributed by atoms with E-state index in [-0.39, 0.29) is 0 Å². The Hall–Kier alpha value is -1.54. The van der Waals surface area contributed by atoms with Gasteiger partial charge in [0.15, 0.2) is 0 Å². The van der Waals surface area contributed by atoms with Gasteiger partial charge in [-0.3, -0.25) is 0 Å². The number of hydrogen-bond acceptors (Lipinski definition) is 0. The van der Waals surface area contributed by atoms with Crippen LogP contribution in [-0.2, 0) is 0 Å². The summed E-state index contributed by atoms with van der Waals surface area (Å²) in [6.45, 7) is 2.29. The Morgan fingerprint density at radius 1 is 0.481 bits per heavy atom. The van der Waals surface area contributed by atoms with Crippen LogP contribution in [0.2, 0.25) is 4.44 Å². The van der Waals surface area contributed by atoms with Crippen molar-refractivity contribution < 1.29 is 0 Å². The van der Waals surface area contributed by atoms with Crippen molar-refractivity contribution in [1.82, 2.24) is 0 Å². The third kappa shape index (κ3) is 5.04. The van der Waals surface area contributed by atoms with Crippen LogP contribution >= 0.6 is 0 Å². The van der Waals surface area contributed by atoms with E-state index in [1.165, 1.54) is 43.0 Å². The predicted molar refractivity (Wildman–Crippen MR) is 122 cm³/mol. The van der Waals surface area contributed by atoms with Gasteiger partial charge < -0.3 is 0 Å². The molecule has 0 aliphatic rings. The normalized spacial score (nSPS) is 11.4. The molecule has 0 heterocycles. The van der Waals surface area contributed by atoms with Gasteiger partial charge >= 0.3 is 170 Å². The zero-order valence-electron chi connectivity index (χ0n) is 16.6. The molecule has 0 aliphatic carbocycles. The Bertz CT molecular complexity index is 668. The van der Waals surface area contributed by atoms with E-state index in [1.807, 2.05) is 0 Å². The van der Waals surface area contributed by atoms with Crippen LogP contribution in [0.1, 0.15) is 45.4 Å². The van der Waals surface area contributed by atoms with Gasteiger partial charge in [-0.25, -0.2) is 0 Å². The summed E-state index contributed by atoms with van der Waals surface area (Å²) < 4.78 is 6.19. The number of rotatable bonds is 10. The number of unbranched alkanes of at least 4 members (excludes halogenated alkanes) is 5. The molecule has 0 radical (unpaired) electrons. The van der Waals surface area contributed by atoms with Crippen molar-refractivity contribution in [3.05, 3.63) is 91.0 Å². The van der Waals surface area contributed by atoms with Gasteiger partial charge in [0.05, 0.1) is 0 Å². The predicted octanol–water partition coefficient (Wildman–Crippen LogP) is 5.52. The summed E-state index contributed by atoms with van der Waals surface area (Å²) >= 11 is -2.97. The molecule has 0 nitrogen and oxygen atoms in total. The second kappa shape index (κ2) is 10.7. The second-order valence-corrected chi connectivity index (χ2v) is 19.1. The summed E-state index contributed by atoms with van der Waals surface area (Å²) in [7, 11) is 0. The fraction of sp³-hybridized carbons (Fsp3) is 0.308. The van der Waals surface area contributed by atoms with Gasteiger partial charge in [-0.2, -0.15) is 0 Å². The van der Waals surface area contributed by atoms with Gasteiger partial charge in [-0.1, -0.05) is 0 Å². The minimum absolute atomic E-state index is 1.32.